The third-order valence-corrected chi connectivity index (χ3v) is 4.36. The number of aromatic amines is 1. The van der Waals surface area contributed by atoms with E-state index in [2.05, 4.69) is 15.0 Å². The van der Waals surface area contributed by atoms with Gasteiger partial charge in [-0.3, -0.25) is 4.98 Å². The first kappa shape index (κ1) is 15.4. The van der Waals surface area contributed by atoms with Gasteiger partial charge in [-0.2, -0.15) is 0 Å². The fourth-order valence-corrected chi connectivity index (χ4v) is 3.34. The Hall–Kier alpha value is -2.47. The number of ether oxygens (including phenoxy) is 1. The van der Waals surface area contributed by atoms with Gasteiger partial charge in [0.15, 0.2) is 0 Å². The van der Waals surface area contributed by atoms with Crippen LogP contribution in [0.1, 0.15) is 28.7 Å². The lowest BCUT2D eigenvalue weighted by Gasteiger charge is -2.04. The number of rotatable bonds is 4. The zero-order chi connectivity index (χ0) is 16.4. The average Bonchev–Trinajstić information content (AvgIpc) is 3.12. The molecule has 0 radical (unpaired) electrons. The number of pyridine rings is 1. The van der Waals surface area contributed by atoms with Crippen LogP contribution in [-0.4, -0.2) is 27.5 Å². The van der Waals surface area contributed by atoms with Crippen LogP contribution in [0.15, 0.2) is 29.8 Å². The molecule has 0 unspecified atom stereocenters. The standard InChI is InChI=1S/C17H17N3O2S/c1-4-22-17(21)15-11(3)19-10(2)14(15)13-9-23-16(20-13)12-7-5-6-8-18-12/h5-9,19H,4H2,1-3H3. The summed E-state index contributed by atoms with van der Waals surface area (Å²) in [6.07, 6.45) is 1.74. The first-order valence-corrected chi connectivity index (χ1v) is 8.23. The van der Waals surface area contributed by atoms with Crippen LogP contribution in [0.4, 0.5) is 0 Å². The van der Waals surface area contributed by atoms with Crippen molar-refractivity contribution in [3.8, 4) is 22.0 Å². The molecule has 0 spiro atoms. The third kappa shape index (κ3) is 2.90. The monoisotopic (exact) mass is 327 g/mol. The first-order valence-electron chi connectivity index (χ1n) is 7.35. The molecular formula is C17H17N3O2S. The lowest BCUT2D eigenvalue weighted by Crippen LogP contribution is -2.06. The van der Waals surface area contributed by atoms with E-state index in [9.17, 15) is 4.79 Å². The molecule has 0 amide bonds. The molecule has 3 aromatic rings. The predicted molar refractivity (Wildman–Crippen MR) is 90.6 cm³/mol. The number of carbonyl (C=O) groups excluding carboxylic acids is 1. The van der Waals surface area contributed by atoms with Crippen LogP contribution >= 0.6 is 11.3 Å². The summed E-state index contributed by atoms with van der Waals surface area (Å²) in [6, 6.07) is 5.72. The minimum absolute atomic E-state index is 0.322. The van der Waals surface area contributed by atoms with Crippen molar-refractivity contribution in [3.05, 3.63) is 46.7 Å². The van der Waals surface area contributed by atoms with Gasteiger partial charge in [0.1, 0.15) is 5.01 Å². The minimum Gasteiger partial charge on any atom is -0.462 e. The number of hydrogen-bond acceptors (Lipinski definition) is 5. The normalized spacial score (nSPS) is 10.7. The maximum Gasteiger partial charge on any atom is 0.340 e. The molecule has 0 aliphatic rings. The summed E-state index contributed by atoms with van der Waals surface area (Å²) in [4.78, 5) is 24.5. The fraction of sp³-hybridized carbons (Fsp3) is 0.235. The maximum atomic E-state index is 12.3. The Morgan fingerprint density at radius 1 is 1.26 bits per heavy atom. The van der Waals surface area contributed by atoms with E-state index >= 15 is 0 Å². The Labute approximate surface area is 138 Å². The zero-order valence-corrected chi connectivity index (χ0v) is 14.0. The van der Waals surface area contributed by atoms with Crippen LogP contribution in [0.25, 0.3) is 22.0 Å². The molecule has 118 valence electrons. The highest BCUT2D eigenvalue weighted by Gasteiger charge is 2.23. The highest BCUT2D eigenvalue weighted by atomic mass is 32.1. The largest absolute Gasteiger partial charge is 0.462 e. The van der Waals surface area contributed by atoms with Crippen molar-refractivity contribution in [1.82, 2.24) is 15.0 Å². The number of hydrogen-bond donors (Lipinski definition) is 1. The molecule has 23 heavy (non-hydrogen) atoms. The van der Waals surface area contributed by atoms with Gasteiger partial charge in [0.05, 0.1) is 23.6 Å². The molecule has 0 aromatic carbocycles. The Kier molecular flexibility index (Phi) is 4.25. The van der Waals surface area contributed by atoms with E-state index in [1.807, 2.05) is 37.4 Å². The first-order chi connectivity index (χ1) is 11.1. The van der Waals surface area contributed by atoms with Crippen molar-refractivity contribution in [2.45, 2.75) is 20.8 Å². The number of H-pyrrole nitrogens is 1. The molecule has 1 N–H and O–H groups in total. The summed E-state index contributed by atoms with van der Waals surface area (Å²) in [7, 11) is 0. The Morgan fingerprint density at radius 2 is 2.09 bits per heavy atom. The maximum absolute atomic E-state index is 12.3. The van der Waals surface area contributed by atoms with Crippen molar-refractivity contribution in [3.63, 3.8) is 0 Å². The van der Waals surface area contributed by atoms with Gasteiger partial charge in [-0.15, -0.1) is 11.3 Å². The smallest absolute Gasteiger partial charge is 0.340 e. The number of nitrogens with one attached hydrogen (secondary N) is 1. The van der Waals surface area contributed by atoms with Crippen LogP contribution in [-0.2, 0) is 4.74 Å². The van der Waals surface area contributed by atoms with Gasteiger partial charge in [-0.05, 0) is 32.9 Å². The summed E-state index contributed by atoms with van der Waals surface area (Å²) in [5.41, 5.74) is 4.65. The number of aromatic nitrogens is 3. The number of carbonyl (C=O) groups is 1. The van der Waals surface area contributed by atoms with Gasteiger partial charge in [-0.1, -0.05) is 6.07 Å². The molecule has 0 atom stereocenters. The van der Waals surface area contributed by atoms with E-state index < -0.39 is 0 Å². The molecule has 0 saturated heterocycles. The molecule has 3 heterocycles. The van der Waals surface area contributed by atoms with Gasteiger partial charge in [0, 0.05) is 28.5 Å². The van der Waals surface area contributed by atoms with E-state index in [0.29, 0.717) is 12.2 Å². The molecule has 0 aliphatic carbocycles. The summed E-state index contributed by atoms with van der Waals surface area (Å²) >= 11 is 1.51. The van der Waals surface area contributed by atoms with E-state index in [0.717, 1.165) is 33.3 Å². The lowest BCUT2D eigenvalue weighted by molar-refractivity contribution is 0.0526. The highest BCUT2D eigenvalue weighted by molar-refractivity contribution is 7.13. The Balaban J connectivity index is 2.06. The van der Waals surface area contributed by atoms with E-state index in [1.165, 1.54) is 11.3 Å². The number of thiazole rings is 1. The van der Waals surface area contributed by atoms with Gasteiger partial charge in [-0.25, -0.2) is 9.78 Å². The van der Waals surface area contributed by atoms with Crippen LogP contribution in [0, 0.1) is 13.8 Å². The average molecular weight is 327 g/mol. The second kappa shape index (κ2) is 6.34. The highest BCUT2D eigenvalue weighted by Crippen LogP contribution is 2.33. The van der Waals surface area contributed by atoms with Crippen molar-refractivity contribution in [1.29, 1.82) is 0 Å². The molecule has 0 fully saturated rings. The topological polar surface area (TPSA) is 67.9 Å². The molecule has 0 saturated carbocycles. The van der Waals surface area contributed by atoms with Crippen molar-refractivity contribution in [2.24, 2.45) is 0 Å². The summed E-state index contributed by atoms with van der Waals surface area (Å²) in [6.45, 7) is 5.95. The second-order valence-corrected chi connectivity index (χ2v) is 5.96. The Morgan fingerprint density at radius 3 is 2.78 bits per heavy atom. The quantitative estimate of drug-likeness (QED) is 0.736. The summed E-state index contributed by atoms with van der Waals surface area (Å²) < 4.78 is 5.18. The SMILES string of the molecule is CCOC(=O)c1c(C)[nH]c(C)c1-c1csc(-c2ccccn2)n1. The van der Waals surface area contributed by atoms with Crippen LogP contribution in [0.2, 0.25) is 0 Å². The number of aryl methyl sites for hydroxylation is 2. The van der Waals surface area contributed by atoms with Gasteiger partial charge < -0.3 is 9.72 Å². The molecule has 3 rings (SSSR count). The molecular weight excluding hydrogens is 310 g/mol. The minimum atomic E-state index is -0.322. The fourth-order valence-electron chi connectivity index (χ4n) is 2.56. The summed E-state index contributed by atoms with van der Waals surface area (Å²) in [5.74, 6) is -0.322. The van der Waals surface area contributed by atoms with Crippen LogP contribution < -0.4 is 0 Å². The van der Waals surface area contributed by atoms with E-state index in [1.54, 1.807) is 13.1 Å². The molecule has 0 aliphatic heterocycles. The molecule has 3 aromatic heterocycles. The molecule has 0 bridgehead atoms. The van der Waals surface area contributed by atoms with Crippen molar-refractivity contribution in [2.75, 3.05) is 6.61 Å². The number of nitrogens with zero attached hydrogens (tertiary/aromatic N) is 2. The lowest BCUT2D eigenvalue weighted by atomic mass is 10.1. The van der Waals surface area contributed by atoms with Crippen LogP contribution in [0.5, 0.6) is 0 Å². The van der Waals surface area contributed by atoms with Gasteiger partial charge in [0.25, 0.3) is 0 Å². The third-order valence-electron chi connectivity index (χ3n) is 3.50. The zero-order valence-electron chi connectivity index (χ0n) is 13.2. The molecule has 6 heteroatoms. The van der Waals surface area contributed by atoms with E-state index in [-0.39, 0.29) is 5.97 Å². The summed E-state index contributed by atoms with van der Waals surface area (Å²) in [5, 5.41) is 2.77. The second-order valence-electron chi connectivity index (χ2n) is 5.10. The van der Waals surface area contributed by atoms with Gasteiger partial charge >= 0.3 is 5.97 Å². The molecule has 5 nitrogen and oxygen atoms in total. The Bertz CT molecular complexity index is 837. The van der Waals surface area contributed by atoms with E-state index in [4.69, 9.17) is 4.74 Å². The van der Waals surface area contributed by atoms with Crippen LogP contribution in [0.3, 0.4) is 0 Å². The number of esters is 1. The van der Waals surface area contributed by atoms with Crippen molar-refractivity contribution < 1.29 is 9.53 Å². The predicted octanol–water partition coefficient (Wildman–Crippen LogP) is 3.99. The van der Waals surface area contributed by atoms with Crippen molar-refractivity contribution >= 4 is 17.3 Å². The van der Waals surface area contributed by atoms with Gasteiger partial charge in [0.2, 0.25) is 0 Å².